The normalized spacial score (nSPS) is 11.4. The van der Waals surface area contributed by atoms with Gasteiger partial charge in [-0.3, -0.25) is 9.59 Å². The van der Waals surface area contributed by atoms with Gasteiger partial charge in [-0.25, -0.2) is 0 Å². The van der Waals surface area contributed by atoms with E-state index in [4.69, 9.17) is 10.00 Å². The summed E-state index contributed by atoms with van der Waals surface area (Å²) < 4.78 is 5.12. The van der Waals surface area contributed by atoms with Crippen molar-refractivity contribution >= 4 is 23.2 Å². The van der Waals surface area contributed by atoms with Crippen molar-refractivity contribution in [2.24, 2.45) is 0 Å². The van der Waals surface area contributed by atoms with E-state index in [0.717, 1.165) is 21.7 Å². The van der Waals surface area contributed by atoms with Gasteiger partial charge in [0.15, 0.2) is 13.1 Å². The van der Waals surface area contributed by atoms with Crippen LogP contribution in [0.1, 0.15) is 16.7 Å². The summed E-state index contributed by atoms with van der Waals surface area (Å²) in [7, 11) is 1.58. The van der Waals surface area contributed by atoms with Crippen LogP contribution in [0.3, 0.4) is 0 Å². The molecule has 29 heavy (non-hydrogen) atoms. The Labute approximate surface area is 171 Å². The molecule has 1 unspecified atom stereocenters. The predicted molar refractivity (Wildman–Crippen MR) is 112 cm³/mol. The number of carbonyl (C=O) groups is 2. The number of quaternary nitrogens is 1. The Morgan fingerprint density at radius 3 is 2.28 bits per heavy atom. The lowest BCUT2D eigenvalue weighted by atomic mass is 10.1. The number of aryl methyl sites for hydroxylation is 1. The molecule has 0 aromatic heterocycles. The van der Waals surface area contributed by atoms with Gasteiger partial charge in [-0.2, -0.15) is 5.26 Å². The molecule has 0 heterocycles. The maximum absolute atomic E-state index is 12.5. The molecule has 2 aromatic rings. The Balaban J connectivity index is 2.00. The lowest BCUT2D eigenvalue weighted by molar-refractivity contribution is -0.883. The zero-order valence-corrected chi connectivity index (χ0v) is 17.0. The number of ether oxygens (including phenoxy) is 1. The second-order valence-electron chi connectivity index (χ2n) is 6.85. The van der Waals surface area contributed by atoms with Gasteiger partial charge in [0.1, 0.15) is 12.6 Å². The van der Waals surface area contributed by atoms with E-state index in [2.05, 4.69) is 16.7 Å². The van der Waals surface area contributed by atoms with Crippen molar-refractivity contribution in [3.05, 3.63) is 59.2 Å². The highest BCUT2D eigenvalue weighted by atomic mass is 16.5. The Morgan fingerprint density at radius 2 is 1.62 bits per heavy atom. The van der Waals surface area contributed by atoms with E-state index >= 15 is 0 Å². The first kappa shape index (κ1) is 22.1. The summed E-state index contributed by atoms with van der Waals surface area (Å²) in [5.74, 6) is -0.437. The maximum atomic E-state index is 12.5. The number of amides is 2. The van der Waals surface area contributed by atoms with Crippen LogP contribution in [0.4, 0.5) is 11.4 Å². The molecule has 152 valence electrons. The van der Waals surface area contributed by atoms with Crippen LogP contribution < -0.4 is 15.5 Å². The summed E-state index contributed by atoms with van der Waals surface area (Å²) in [4.78, 5) is 25.8. The molecule has 2 aromatic carbocycles. The summed E-state index contributed by atoms with van der Waals surface area (Å²) in [6.07, 6.45) is 0. The second-order valence-corrected chi connectivity index (χ2v) is 6.85. The number of nitrogens with zero attached hydrogens (tertiary/aromatic N) is 1. The molecular formula is C22H27N4O3+. The number of nitrogens with one attached hydrogen (secondary N) is 3. The molecule has 0 aliphatic rings. The molecular weight excluding hydrogens is 368 g/mol. The fraction of sp³-hybridized carbons (Fsp3) is 0.318. The van der Waals surface area contributed by atoms with Crippen LogP contribution in [0.2, 0.25) is 0 Å². The monoisotopic (exact) mass is 395 g/mol. The van der Waals surface area contributed by atoms with Crippen LogP contribution >= 0.6 is 0 Å². The molecule has 3 N–H and O–H groups in total. The molecule has 0 bridgehead atoms. The number of nitriles is 1. The van der Waals surface area contributed by atoms with Crippen molar-refractivity contribution in [2.45, 2.75) is 13.8 Å². The van der Waals surface area contributed by atoms with Gasteiger partial charge in [0.25, 0.3) is 11.8 Å². The number of methoxy groups -OCH3 is 1. The zero-order valence-electron chi connectivity index (χ0n) is 17.0. The van der Waals surface area contributed by atoms with Crippen molar-refractivity contribution in [3.8, 4) is 6.07 Å². The minimum atomic E-state index is -0.265. The first-order valence-electron chi connectivity index (χ1n) is 9.42. The van der Waals surface area contributed by atoms with Crippen LogP contribution in [-0.2, 0) is 14.3 Å². The fourth-order valence-corrected chi connectivity index (χ4v) is 2.90. The number of benzene rings is 2. The van der Waals surface area contributed by atoms with Crippen molar-refractivity contribution in [1.82, 2.24) is 0 Å². The van der Waals surface area contributed by atoms with Crippen LogP contribution in [-0.4, -0.2) is 45.2 Å². The molecule has 2 amide bonds. The van der Waals surface area contributed by atoms with E-state index < -0.39 is 0 Å². The van der Waals surface area contributed by atoms with Crippen molar-refractivity contribution in [2.75, 3.05) is 44.0 Å². The van der Waals surface area contributed by atoms with Gasteiger partial charge in [0.2, 0.25) is 0 Å². The molecule has 0 saturated carbocycles. The van der Waals surface area contributed by atoms with Gasteiger partial charge in [-0.1, -0.05) is 24.3 Å². The standard InChI is InChI=1S/C22H26N4O3/c1-16-7-6-10-19(17(16)2)24-21(27)14-26(11-12-29-3)15-22(28)25-20-9-5-4-8-18(20)13-23/h4-10H,11-12,14-15H2,1-3H3,(H,24,27)(H,25,28)/p+1. The minimum Gasteiger partial charge on any atom is -0.379 e. The Hall–Kier alpha value is -3.21. The van der Waals surface area contributed by atoms with Crippen molar-refractivity contribution < 1.29 is 19.2 Å². The lowest BCUT2D eigenvalue weighted by Crippen LogP contribution is -3.14. The first-order valence-corrected chi connectivity index (χ1v) is 9.42. The zero-order chi connectivity index (χ0) is 21.2. The molecule has 0 spiro atoms. The summed E-state index contributed by atoms with van der Waals surface area (Å²) >= 11 is 0. The third kappa shape index (κ3) is 6.71. The van der Waals surface area contributed by atoms with Crippen LogP contribution in [0.5, 0.6) is 0 Å². The Bertz CT molecular complexity index is 905. The number of para-hydroxylation sites is 1. The third-order valence-corrected chi connectivity index (χ3v) is 4.68. The van der Waals surface area contributed by atoms with Crippen LogP contribution in [0.25, 0.3) is 0 Å². The predicted octanol–water partition coefficient (Wildman–Crippen LogP) is 1.28. The van der Waals surface area contributed by atoms with Gasteiger partial charge in [-0.15, -0.1) is 0 Å². The van der Waals surface area contributed by atoms with E-state index in [0.29, 0.717) is 24.4 Å². The van der Waals surface area contributed by atoms with E-state index in [1.165, 1.54) is 0 Å². The summed E-state index contributed by atoms with van der Waals surface area (Å²) in [6.45, 7) is 5.09. The van der Waals surface area contributed by atoms with E-state index in [1.807, 2.05) is 32.0 Å². The molecule has 1 atom stereocenters. The van der Waals surface area contributed by atoms with E-state index in [-0.39, 0.29) is 24.9 Å². The SMILES string of the molecule is COCC[NH+](CC(=O)Nc1ccccc1C#N)CC(=O)Nc1cccc(C)c1C. The van der Waals surface area contributed by atoms with Gasteiger partial charge in [0.05, 0.1) is 17.9 Å². The quantitative estimate of drug-likeness (QED) is 0.596. The third-order valence-electron chi connectivity index (χ3n) is 4.68. The summed E-state index contributed by atoms with van der Waals surface area (Å²) in [5, 5.41) is 14.8. The number of anilines is 2. The van der Waals surface area contributed by atoms with E-state index in [1.54, 1.807) is 31.4 Å². The smallest absolute Gasteiger partial charge is 0.279 e. The van der Waals surface area contributed by atoms with Gasteiger partial charge >= 0.3 is 0 Å². The number of hydrogen-bond donors (Lipinski definition) is 3. The highest BCUT2D eigenvalue weighted by Crippen LogP contribution is 2.17. The molecule has 0 aliphatic heterocycles. The van der Waals surface area contributed by atoms with Gasteiger partial charge in [0, 0.05) is 12.8 Å². The van der Waals surface area contributed by atoms with Crippen molar-refractivity contribution in [1.29, 1.82) is 5.26 Å². The summed E-state index contributed by atoms with van der Waals surface area (Å²) in [6, 6.07) is 14.6. The molecule has 2 rings (SSSR count). The Kier molecular flexibility index (Phi) is 8.34. The highest BCUT2D eigenvalue weighted by Gasteiger charge is 2.19. The van der Waals surface area contributed by atoms with Crippen LogP contribution in [0, 0.1) is 25.2 Å². The van der Waals surface area contributed by atoms with E-state index in [9.17, 15) is 9.59 Å². The number of hydrogen-bond acceptors (Lipinski definition) is 4. The largest absolute Gasteiger partial charge is 0.379 e. The average Bonchev–Trinajstić information content (AvgIpc) is 2.70. The first-order chi connectivity index (χ1) is 13.9. The number of carbonyl (C=O) groups excluding carboxylic acids is 2. The Morgan fingerprint density at radius 1 is 1.00 bits per heavy atom. The minimum absolute atomic E-state index is 0.0866. The topological polar surface area (TPSA) is 95.7 Å². The molecule has 0 radical (unpaired) electrons. The second kappa shape index (κ2) is 11.0. The average molecular weight is 395 g/mol. The van der Waals surface area contributed by atoms with Crippen molar-refractivity contribution in [3.63, 3.8) is 0 Å². The lowest BCUT2D eigenvalue weighted by Gasteiger charge is -2.19. The highest BCUT2D eigenvalue weighted by molar-refractivity contribution is 5.94. The summed E-state index contributed by atoms with van der Waals surface area (Å²) in [5.41, 5.74) is 3.75. The molecule has 0 fully saturated rings. The molecule has 0 saturated heterocycles. The molecule has 7 nitrogen and oxygen atoms in total. The van der Waals surface area contributed by atoms with Gasteiger partial charge < -0.3 is 20.3 Å². The molecule has 0 aliphatic carbocycles. The van der Waals surface area contributed by atoms with Gasteiger partial charge in [-0.05, 0) is 43.2 Å². The number of rotatable bonds is 9. The fourth-order valence-electron chi connectivity index (χ4n) is 2.90. The maximum Gasteiger partial charge on any atom is 0.279 e. The molecule has 7 heteroatoms. The van der Waals surface area contributed by atoms with Crippen LogP contribution in [0.15, 0.2) is 42.5 Å².